The van der Waals surface area contributed by atoms with E-state index in [4.69, 9.17) is 0 Å². The predicted octanol–water partition coefficient (Wildman–Crippen LogP) is 3.07. The Morgan fingerprint density at radius 2 is 1.85 bits per heavy atom. The van der Waals surface area contributed by atoms with Crippen LogP contribution in [-0.2, 0) is 6.54 Å². The van der Waals surface area contributed by atoms with Crippen LogP contribution in [0.3, 0.4) is 0 Å². The van der Waals surface area contributed by atoms with E-state index >= 15 is 0 Å². The number of urea groups is 1. The van der Waals surface area contributed by atoms with Crippen LogP contribution < -0.4 is 20.3 Å². The number of aryl methyl sites for hydroxylation is 1. The minimum atomic E-state index is -4.76. The van der Waals surface area contributed by atoms with Crippen molar-refractivity contribution in [3.8, 4) is 5.75 Å². The molecule has 0 saturated carbocycles. The number of aromatic nitrogens is 2. The molecule has 2 rings (SSSR count). The highest BCUT2D eigenvalue weighted by atomic mass is 19.4. The van der Waals surface area contributed by atoms with Gasteiger partial charge < -0.3 is 20.3 Å². The Kier molecular flexibility index (Phi) is 5.86. The third-order valence-corrected chi connectivity index (χ3v) is 3.10. The zero-order valence-electron chi connectivity index (χ0n) is 14.4. The Hall–Kier alpha value is -3.04. The molecule has 7 nitrogen and oxygen atoms in total. The number of amides is 2. The molecule has 0 bridgehead atoms. The summed E-state index contributed by atoms with van der Waals surface area (Å²) in [6, 6.07) is 6.09. The summed E-state index contributed by atoms with van der Waals surface area (Å²) in [5.41, 5.74) is 1.08. The third kappa shape index (κ3) is 6.11. The fourth-order valence-corrected chi connectivity index (χ4v) is 1.99. The van der Waals surface area contributed by atoms with Gasteiger partial charge in [-0.15, -0.1) is 13.2 Å². The highest BCUT2D eigenvalue weighted by Crippen LogP contribution is 2.23. The molecule has 140 valence electrons. The van der Waals surface area contributed by atoms with Gasteiger partial charge in [-0.25, -0.2) is 14.8 Å². The first-order chi connectivity index (χ1) is 12.1. The summed E-state index contributed by atoms with van der Waals surface area (Å²) in [5, 5.41) is 5.09. The lowest BCUT2D eigenvalue weighted by Crippen LogP contribution is -2.29. The van der Waals surface area contributed by atoms with Crippen LogP contribution in [0, 0.1) is 6.92 Å². The summed E-state index contributed by atoms with van der Waals surface area (Å²) < 4.78 is 40.1. The number of anilines is 2. The molecule has 1 aromatic carbocycles. The number of carbonyl (C=O) groups is 1. The Bertz CT molecular complexity index is 763. The van der Waals surface area contributed by atoms with Gasteiger partial charge >= 0.3 is 12.4 Å². The van der Waals surface area contributed by atoms with Crippen molar-refractivity contribution in [2.45, 2.75) is 19.8 Å². The van der Waals surface area contributed by atoms with Gasteiger partial charge in [-0.05, 0) is 31.2 Å². The minimum Gasteiger partial charge on any atom is -0.406 e. The van der Waals surface area contributed by atoms with Crippen molar-refractivity contribution >= 4 is 17.5 Å². The van der Waals surface area contributed by atoms with Crippen molar-refractivity contribution in [3.63, 3.8) is 0 Å². The standard InChI is InChI=1S/C16H18F3N5O2/c1-10-8-14(24(2)3)23-13(21-10)9-20-15(25)22-11-4-6-12(7-5-11)26-16(17,18)19/h4-8H,9H2,1-3H3,(H2,20,22,25). The van der Waals surface area contributed by atoms with Gasteiger partial charge in [0, 0.05) is 31.5 Å². The second kappa shape index (κ2) is 7.89. The maximum absolute atomic E-state index is 12.1. The summed E-state index contributed by atoms with van der Waals surface area (Å²) in [5.74, 6) is 0.792. The molecule has 0 atom stereocenters. The number of alkyl halides is 3. The molecule has 2 aromatic rings. The van der Waals surface area contributed by atoms with E-state index < -0.39 is 12.4 Å². The summed E-state index contributed by atoms with van der Waals surface area (Å²) in [7, 11) is 3.69. The van der Waals surface area contributed by atoms with Gasteiger partial charge in [0.25, 0.3) is 0 Å². The number of ether oxygens (including phenoxy) is 1. The highest BCUT2D eigenvalue weighted by molar-refractivity contribution is 5.89. The summed E-state index contributed by atoms with van der Waals surface area (Å²) in [4.78, 5) is 22.3. The van der Waals surface area contributed by atoms with Crippen LogP contribution in [0.4, 0.5) is 29.5 Å². The van der Waals surface area contributed by atoms with Crippen molar-refractivity contribution in [1.82, 2.24) is 15.3 Å². The number of carbonyl (C=O) groups excluding carboxylic acids is 1. The average Bonchev–Trinajstić information content (AvgIpc) is 2.53. The summed E-state index contributed by atoms with van der Waals surface area (Å²) >= 11 is 0. The van der Waals surface area contributed by atoms with E-state index in [0.29, 0.717) is 11.5 Å². The number of nitrogens with one attached hydrogen (secondary N) is 2. The van der Waals surface area contributed by atoms with Gasteiger partial charge in [0.1, 0.15) is 17.4 Å². The first-order valence-corrected chi connectivity index (χ1v) is 7.55. The minimum absolute atomic E-state index is 0.101. The first-order valence-electron chi connectivity index (χ1n) is 7.55. The van der Waals surface area contributed by atoms with Gasteiger partial charge in [0.05, 0.1) is 6.54 Å². The second-order valence-electron chi connectivity index (χ2n) is 5.56. The van der Waals surface area contributed by atoms with Crippen LogP contribution in [0.1, 0.15) is 11.5 Å². The number of hydrogen-bond donors (Lipinski definition) is 2. The van der Waals surface area contributed by atoms with Crippen molar-refractivity contribution in [3.05, 3.63) is 41.9 Å². The van der Waals surface area contributed by atoms with Crippen LogP contribution in [0.5, 0.6) is 5.75 Å². The third-order valence-electron chi connectivity index (χ3n) is 3.10. The maximum Gasteiger partial charge on any atom is 0.573 e. The van der Waals surface area contributed by atoms with E-state index in [1.165, 1.54) is 12.1 Å². The molecule has 2 amide bonds. The zero-order chi connectivity index (χ0) is 19.3. The van der Waals surface area contributed by atoms with Crippen LogP contribution in [0.15, 0.2) is 30.3 Å². The second-order valence-corrected chi connectivity index (χ2v) is 5.56. The number of nitrogens with zero attached hydrogens (tertiary/aromatic N) is 3. The topological polar surface area (TPSA) is 79.4 Å². The Labute approximate surface area is 148 Å². The van der Waals surface area contributed by atoms with E-state index in [1.54, 1.807) is 0 Å². The number of hydrogen-bond acceptors (Lipinski definition) is 5. The highest BCUT2D eigenvalue weighted by Gasteiger charge is 2.30. The molecular weight excluding hydrogens is 351 g/mol. The zero-order valence-corrected chi connectivity index (χ0v) is 14.4. The van der Waals surface area contributed by atoms with E-state index in [1.807, 2.05) is 32.0 Å². The molecule has 1 aromatic heterocycles. The molecule has 2 N–H and O–H groups in total. The van der Waals surface area contributed by atoms with Crippen molar-refractivity contribution in [1.29, 1.82) is 0 Å². The van der Waals surface area contributed by atoms with Crippen molar-refractivity contribution in [2.24, 2.45) is 0 Å². The monoisotopic (exact) mass is 369 g/mol. The van der Waals surface area contributed by atoms with Gasteiger partial charge in [-0.3, -0.25) is 0 Å². The molecule has 0 radical (unpaired) electrons. The molecule has 0 spiro atoms. The van der Waals surface area contributed by atoms with Crippen molar-refractivity contribution in [2.75, 3.05) is 24.3 Å². The van der Waals surface area contributed by atoms with Gasteiger partial charge in [-0.1, -0.05) is 0 Å². The molecule has 0 fully saturated rings. The Balaban J connectivity index is 1.91. The van der Waals surface area contributed by atoms with Crippen LogP contribution >= 0.6 is 0 Å². The molecule has 26 heavy (non-hydrogen) atoms. The molecule has 0 saturated heterocycles. The lowest BCUT2D eigenvalue weighted by molar-refractivity contribution is -0.274. The predicted molar refractivity (Wildman–Crippen MR) is 90.1 cm³/mol. The van der Waals surface area contributed by atoms with E-state index in [9.17, 15) is 18.0 Å². The molecule has 0 unspecified atom stereocenters. The van der Waals surface area contributed by atoms with Crippen LogP contribution in [-0.4, -0.2) is 36.5 Å². The fourth-order valence-electron chi connectivity index (χ4n) is 1.99. The fraction of sp³-hybridized carbons (Fsp3) is 0.312. The number of benzene rings is 1. The number of halogens is 3. The Morgan fingerprint density at radius 3 is 2.42 bits per heavy atom. The van der Waals surface area contributed by atoms with Crippen LogP contribution in [0.25, 0.3) is 0 Å². The number of rotatable bonds is 5. The largest absolute Gasteiger partial charge is 0.573 e. The molecule has 1 heterocycles. The van der Waals surface area contributed by atoms with E-state index in [0.717, 1.165) is 23.6 Å². The quantitative estimate of drug-likeness (QED) is 0.847. The molecular formula is C16H18F3N5O2. The maximum atomic E-state index is 12.1. The molecule has 0 aliphatic rings. The Morgan fingerprint density at radius 1 is 1.19 bits per heavy atom. The average molecular weight is 369 g/mol. The summed E-state index contributed by atoms with van der Waals surface area (Å²) in [6.45, 7) is 1.92. The molecule has 10 heteroatoms. The first kappa shape index (κ1) is 19.3. The SMILES string of the molecule is Cc1cc(N(C)C)nc(CNC(=O)Nc2ccc(OC(F)(F)F)cc2)n1. The van der Waals surface area contributed by atoms with Gasteiger partial charge in [0.15, 0.2) is 0 Å². The van der Waals surface area contributed by atoms with E-state index in [2.05, 4.69) is 25.3 Å². The summed E-state index contributed by atoms with van der Waals surface area (Å²) in [6.07, 6.45) is -4.76. The van der Waals surface area contributed by atoms with Crippen LogP contribution in [0.2, 0.25) is 0 Å². The smallest absolute Gasteiger partial charge is 0.406 e. The van der Waals surface area contributed by atoms with E-state index in [-0.39, 0.29) is 12.3 Å². The lowest BCUT2D eigenvalue weighted by atomic mass is 10.3. The van der Waals surface area contributed by atoms with Gasteiger partial charge in [-0.2, -0.15) is 0 Å². The van der Waals surface area contributed by atoms with Crippen molar-refractivity contribution < 1.29 is 22.7 Å². The lowest BCUT2D eigenvalue weighted by Gasteiger charge is -2.13. The normalized spacial score (nSPS) is 11.0. The molecule has 0 aliphatic heterocycles. The molecule has 0 aliphatic carbocycles. The van der Waals surface area contributed by atoms with Gasteiger partial charge in [0.2, 0.25) is 0 Å².